The predicted molar refractivity (Wildman–Crippen MR) is 54.5 cm³/mol. The van der Waals surface area contributed by atoms with Gasteiger partial charge in [0, 0.05) is 18.5 Å². The summed E-state index contributed by atoms with van der Waals surface area (Å²) in [5.41, 5.74) is 0. The fourth-order valence-electron chi connectivity index (χ4n) is 2.63. The van der Waals surface area contributed by atoms with Crippen molar-refractivity contribution in [1.29, 1.82) is 0 Å². The molecule has 14 heavy (non-hydrogen) atoms. The molecule has 2 fully saturated rings. The van der Waals surface area contributed by atoms with E-state index in [4.69, 9.17) is 16.3 Å². The van der Waals surface area contributed by atoms with Gasteiger partial charge in [0.1, 0.15) is 0 Å². The molecule has 2 aliphatic rings. The number of hydrogen-bond acceptors (Lipinski definition) is 2. The number of likely N-dealkylation sites (tertiary alicyclic amines) is 1. The number of piperidine rings is 1. The van der Waals surface area contributed by atoms with Crippen LogP contribution < -0.4 is 0 Å². The van der Waals surface area contributed by atoms with Crippen LogP contribution in [0.1, 0.15) is 19.3 Å². The van der Waals surface area contributed by atoms with Gasteiger partial charge in [-0.15, -0.1) is 11.6 Å². The zero-order valence-electron chi connectivity index (χ0n) is 8.41. The first-order chi connectivity index (χ1) is 6.70. The van der Waals surface area contributed by atoms with Gasteiger partial charge >= 0.3 is 6.09 Å². The fraction of sp³-hybridized carbons (Fsp3) is 0.900. The number of nitrogens with zero attached hydrogens (tertiary/aromatic N) is 1. The Kier molecular flexibility index (Phi) is 2.86. The van der Waals surface area contributed by atoms with Gasteiger partial charge in [-0.05, 0) is 31.1 Å². The first kappa shape index (κ1) is 10.1. The molecule has 0 spiro atoms. The van der Waals surface area contributed by atoms with E-state index in [0.717, 1.165) is 25.9 Å². The van der Waals surface area contributed by atoms with Crippen molar-refractivity contribution in [3.63, 3.8) is 0 Å². The van der Waals surface area contributed by atoms with Crippen LogP contribution in [0.5, 0.6) is 0 Å². The molecule has 3 unspecified atom stereocenters. The molecule has 1 heterocycles. The highest BCUT2D eigenvalue weighted by atomic mass is 35.5. The van der Waals surface area contributed by atoms with Crippen molar-refractivity contribution < 1.29 is 9.53 Å². The summed E-state index contributed by atoms with van der Waals surface area (Å²) in [5.74, 6) is 1.12. The second kappa shape index (κ2) is 3.97. The van der Waals surface area contributed by atoms with Crippen LogP contribution in [0.2, 0.25) is 0 Å². The predicted octanol–water partition coefficient (Wildman–Crippen LogP) is 2.09. The van der Waals surface area contributed by atoms with Crippen LogP contribution in [0.15, 0.2) is 0 Å². The quantitative estimate of drug-likeness (QED) is 0.582. The number of hydrogen-bond donors (Lipinski definition) is 0. The van der Waals surface area contributed by atoms with E-state index in [1.54, 1.807) is 4.90 Å². The summed E-state index contributed by atoms with van der Waals surface area (Å²) in [6.45, 7) is 1.63. The molecule has 80 valence electrons. The summed E-state index contributed by atoms with van der Waals surface area (Å²) in [7, 11) is 1.44. The summed E-state index contributed by atoms with van der Waals surface area (Å²) >= 11 is 6.22. The SMILES string of the molecule is COC(=O)N1CC2CCC(Cl)C(C2)C1. The molecular formula is C10H16ClNO2. The Hall–Kier alpha value is -0.440. The van der Waals surface area contributed by atoms with E-state index in [2.05, 4.69) is 0 Å². The Morgan fingerprint density at radius 1 is 1.43 bits per heavy atom. The van der Waals surface area contributed by atoms with E-state index < -0.39 is 0 Å². The number of amides is 1. The maximum absolute atomic E-state index is 11.4. The molecule has 3 atom stereocenters. The van der Waals surface area contributed by atoms with Gasteiger partial charge in [-0.2, -0.15) is 0 Å². The van der Waals surface area contributed by atoms with E-state index >= 15 is 0 Å². The van der Waals surface area contributed by atoms with E-state index in [9.17, 15) is 4.79 Å². The first-order valence-corrected chi connectivity index (χ1v) is 5.61. The van der Waals surface area contributed by atoms with Crippen molar-refractivity contribution in [3.8, 4) is 0 Å². The Morgan fingerprint density at radius 3 is 2.93 bits per heavy atom. The topological polar surface area (TPSA) is 29.5 Å². The van der Waals surface area contributed by atoms with Crippen molar-refractivity contribution in [1.82, 2.24) is 4.90 Å². The Bertz CT molecular complexity index is 234. The largest absolute Gasteiger partial charge is 0.453 e. The minimum Gasteiger partial charge on any atom is -0.453 e. The highest BCUT2D eigenvalue weighted by Gasteiger charge is 2.37. The highest BCUT2D eigenvalue weighted by molar-refractivity contribution is 6.20. The second-order valence-electron chi connectivity index (χ2n) is 4.33. The van der Waals surface area contributed by atoms with Gasteiger partial charge in [-0.1, -0.05) is 0 Å². The van der Waals surface area contributed by atoms with E-state index in [1.165, 1.54) is 13.5 Å². The average molecular weight is 218 g/mol. The number of alkyl halides is 1. The molecule has 1 saturated carbocycles. The molecule has 4 heteroatoms. The number of halogens is 1. The number of fused-ring (bicyclic) bond motifs is 2. The van der Waals surface area contributed by atoms with Gasteiger partial charge < -0.3 is 9.64 Å². The highest BCUT2D eigenvalue weighted by Crippen LogP contribution is 2.37. The van der Waals surface area contributed by atoms with Crippen LogP contribution >= 0.6 is 11.6 Å². The number of carbonyl (C=O) groups excluding carboxylic acids is 1. The lowest BCUT2D eigenvalue weighted by Crippen LogP contribution is -2.48. The van der Waals surface area contributed by atoms with Crippen LogP contribution in [-0.2, 0) is 4.74 Å². The van der Waals surface area contributed by atoms with Gasteiger partial charge in [-0.3, -0.25) is 0 Å². The van der Waals surface area contributed by atoms with Crippen LogP contribution in [0.4, 0.5) is 4.79 Å². The van der Waals surface area contributed by atoms with Crippen LogP contribution in [0, 0.1) is 11.8 Å². The molecule has 0 aromatic heterocycles. The van der Waals surface area contributed by atoms with Crippen LogP contribution in [0.3, 0.4) is 0 Å². The zero-order chi connectivity index (χ0) is 10.1. The van der Waals surface area contributed by atoms with Crippen LogP contribution in [-0.4, -0.2) is 36.6 Å². The Labute approximate surface area is 89.4 Å². The maximum atomic E-state index is 11.4. The maximum Gasteiger partial charge on any atom is 0.409 e. The van der Waals surface area contributed by atoms with E-state index in [0.29, 0.717) is 11.8 Å². The molecule has 3 nitrogen and oxygen atoms in total. The normalized spacial score (nSPS) is 36.7. The second-order valence-corrected chi connectivity index (χ2v) is 4.89. The Balaban J connectivity index is 2.01. The van der Waals surface area contributed by atoms with Gasteiger partial charge in [0.15, 0.2) is 0 Å². The molecule has 0 radical (unpaired) electrons. The van der Waals surface area contributed by atoms with E-state index in [1.807, 2.05) is 0 Å². The number of methoxy groups -OCH3 is 1. The smallest absolute Gasteiger partial charge is 0.409 e. The summed E-state index contributed by atoms with van der Waals surface area (Å²) < 4.78 is 4.73. The minimum atomic E-state index is -0.203. The summed E-state index contributed by atoms with van der Waals surface area (Å²) in [5, 5.41) is 0.249. The average Bonchev–Trinajstić information content (AvgIpc) is 2.22. The third-order valence-electron chi connectivity index (χ3n) is 3.36. The summed E-state index contributed by atoms with van der Waals surface area (Å²) in [6, 6.07) is 0. The van der Waals surface area contributed by atoms with Crippen molar-refractivity contribution in [2.24, 2.45) is 11.8 Å². The van der Waals surface area contributed by atoms with E-state index in [-0.39, 0.29) is 11.5 Å². The lowest BCUT2D eigenvalue weighted by molar-refractivity contribution is 0.0668. The zero-order valence-corrected chi connectivity index (χ0v) is 9.17. The third kappa shape index (κ3) is 1.83. The molecular weight excluding hydrogens is 202 g/mol. The number of carbonyl (C=O) groups is 1. The lowest BCUT2D eigenvalue weighted by atomic mass is 9.78. The molecule has 2 bridgehead atoms. The van der Waals surface area contributed by atoms with Crippen molar-refractivity contribution in [3.05, 3.63) is 0 Å². The fourth-order valence-corrected chi connectivity index (χ4v) is 2.94. The van der Waals surface area contributed by atoms with Gasteiger partial charge in [0.2, 0.25) is 0 Å². The van der Waals surface area contributed by atoms with Crippen molar-refractivity contribution >= 4 is 17.7 Å². The molecule has 0 N–H and O–H groups in total. The van der Waals surface area contributed by atoms with Gasteiger partial charge in [0.05, 0.1) is 7.11 Å². The van der Waals surface area contributed by atoms with Crippen molar-refractivity contribution in [2.45, 2.75) is 24.6 Å². The van der Waals surface area contributed by atoms with Crippen LogP contribution in [0.25, 0.3) is 0 Å². The van der Waals surface area contributed by atoms with Crippen molar-refractivity contribution in [2.75, 3.05) is 20.2 Å². The lowest BCUT2D eigenvalue weighted by Gasteiger charge is -2.42. The standard InChI is InChI=1S/C10H16ClNO2/c1-14-10(13)12-5-7-2-3-9(11)8(4-7)6-12/h7-9H,2-6H2,1H3. The number of rotatable bonds is 0. The monoisotopic (exact) mass is 217 g/mol. The van der Waals surface area contributed by atoms with Gasteiger partial charge in [-0.25, -0.2) is 4.79 Å². The molecule has 0 aromatic carbocycles. The molecule has 1 aliphatic heterocycles. The summed E-state index contributed by atoms with van der Waals surface area (Å²) in [6.07, 6.45) is 3.23. The Morgan fingerprint density at radius 2 is 2.21 bits per heavy atom. The molecule has 0 aromatic rings. The first-order valence-electron chi connectivity index (χ1n) is 5.17. The number of ether oxygens (including phenoxy) is 1. The van der Waals surface area contributed by atoms with Gasteiger partial charge in [0.25, 0.3) is 0 Å². The molecule has 1 saturated heterocycles. The molecule has 1 amide bonds. The molecule has 2 rings (SSSR count). The molecule has 1 aliphatic carbocycles. The summed E-state index contributed by atoms with van der Waals surface area (Å²) in [4.78, 5) is 13.2. The third-order valence-corrected chi connectivity index (χ3v) is 3.94. The minimum absolute atomic E-state index is 0.203.